The van der Waals surface area contributed by atoms with Crippen molar-refractivity contribution in [2.45, 2.75) is 45.4 Å². The Morgan fingerprint density at radius 2 is 1.88 bits per heavy atom. The molecule has 1 aromatic rings. The lowest BCUT2D eigenvalue weighted by Gasteiger charge is -2.21. The molecule has 16 heavy (non-hydrogen) atoms. The molecule has 84 valence electrons. The summed E-state index contributed by atoms with van der Waals surface area (Å²) in [6.07, 6.45) is 10.1. The van der Waals surface area contributed by atoms with E-state index in [2.05, 4.69) is 35.0 Å². The number of fused-ring (bicyclic) bond motifs is 3. The van der Waals surface area contributed by atoms with Gasteiger partial charge in [-0.25, -0.2) is 0 Å². The summed E-state index contributed by atoms with van der Waals surface area (Å²) in [4.78, 5) is 0. The number of benzene rings is 1. The standard InChI is InChI=1S/C15H17Br/c1-2-10-7-8-12-11-5-3-4-6-13(11)15(16)9-14(10)12/h7,9H,2-6,8H2,1H3. The smallest absolute Gasteiger partial charge is 0.0216 e. The van der Waals surface area contributed by atoms with E-state index >= 15 is 0 Å². The van der Waals surface area contributed by atoms with Crippen molar-refractivity contribution in [1.29, 1.82) is 0 Å². The zero-order valence-corrected chi connectivity index (χ0v) is 11.4. The second kappa shape index (κ2) is 4.03. The number of rotatable bonds is 1. The van der Waals surface area contributed by atoms with Gasteiger partial charge in [-0.15, -0.1) is 0 Å². The average molecular weight is 277 g/mol. The maximum absolute atomic E-state index is 3.77. The molecule has 0 spiro atoms. The van der Waals surface area contributed by atoms with Crippen molar-refractivity contribution >= 4 is 21.5 Å². The molecule has 0 saturated heterocycles. The predicted octanol–water partition coefficient (Wildman–Crippen LogP) is 4.68. The van der Waals surface area contributed by atoms with Crippen molar-refractivity contribution in [3.8, 4) is 0 Å². The van der Waals surface area contributed by atoms with Gasteiger partial charge in [0.1, 0.15) is 0 Å². The molecule has 0 atom stereocenters. The quantitative estimate of drug-likeness (QED) is 0.699. The van der Waals surface area contributed by atoms with Crippen LogP contribution in [0.15, 0.2) is 16.6 Å². The summed E-state index contributed by atoms with van der Waals surface area (Å²) in [5.41, 5.74) is 7.96. The second-order valence-corrected chi connectivity index (χ2v) is 5.69. The first-order chi connectivity index (χ1) is 7.81. The summed E-state index contributed by atoms with van der Waals surface area (Å²) in [6, 6.07) is 2.36. The van der Waals surface area contributed by atoms with Crippen molar-refractivity contribution < 1.29 is 0 Å². The first-order valence-corrected chi connectivity index (χ1v) is 7.13. The minimum atomic E-state index is 1.16. The summed E-state index contributed by atoms with van der Waals surface area (Å²) in [7, 11) is 0. The molecule has 1 heteroatoms. The number of halogens is 1. The van der Waals surface area contributed by atoms with E-state index in [1.54, 1.807) is 22.3 Å². The SMILES string of the molecule is CCC1=CCc2c1cc(Br)c1c2CCCC1. The number of hydrogen-bond acceptors (Lipinski definition) is 0. The Bertz CT molecular complexity index is 469. The summed E-state index contributed by atoms with van der Waals surface area (Å²) >= 11 is 3.77. The molecule has 1 aromatic carbocycles. The molecule has 0 saturated carbocycles. The van der Waals surface area contributed by atoms with Crippen LogP contribution in [0.2, 0.25) is 0 Å². The fourth-order valence-corrected chi connectivity index (χ4v) is 3.82. The van der Waals surface area contributed by atoms with E-state index in [0.717, 1.165) is 6.42 Å². The van der Waals surface area contributed by atoms with Crippen molar-refractivity contribution in [3.63, 3.8) is 0 Å². The topological polar surface area (TPSA) is 0 Å². The molecule has 0 aliphatic heterocycles. The Kier molecular flexibility index (Phi) is 2.67. The molecule has 0 radical (unpaired) electrons. The molecule has 0 fully saturated rings. The molecule has 0 N–H and O–H groups in total. The molecule has 2 aliphatic carbocycles. The molecular formula is C15H17Br. The highest BCUT2D eigenvalue weighted by Gasteiger charge is 2.22. The summed E-state index contributed by atoms with van der Waals surface area (Å²) in [6.45, 7) is 2.26. The van der Waals surface area contributed by atoms with Crippen LogP contribution in [0, 0.1) is 0 Å². The maximum atomic E-state index is 3.77. The third-order valence-corrected chi connectivity index (χ3v) is 4.70. The van der Waals surface area contributed by atoms with Crippen LogP contribution in [0.25, 0.3) is 5.57 Å². The van der Waals surface area contributed by atoms with Gasteiger partial charge in [0.2, 0.25) is 0 Å². The van der Waals surface area contributed by atoms with E-state index in [9.17, 15) is 0 Å². The van der Waals surface area contributed by atoms with Gasteiger partial charge in [0.25, 0.3) is 0 Å². The van der Waals surface area contributed by atoms with Gasteiger partial charge < -0.3 is 0 Å². The molecule has 0 bridgehead atoms. The van der Waals surface area contributed by atoms with Gasteiger partial charge in [-0.3, -0.25) is 0 Å². The van der Waals surface area contributed by atoms with E-state index in [-0.39, 0.29) is 0 Å². The Morgan fingerprint density at radius 1 is 1.12 bits per heavy atom. The van der Waals surface area contributed by atoms with Crippen LogP contribution in [-0.4, -0.2) is 0 Å². The van der Waals surface area contributed by atoms with Crippen LogP contribution in [0.1, 0.15) is 48.4 Å². The zero-order chi connectivity index (χ0) is 11.1. The van der Waals surface area contributed by atoms with Gasteiger partial charge in [-0.05, 0) is 72.4 Å². The van der Waals surface area contributed by atoms with Crippen LogP contribution in [0.4, 0.5) is 0 Å². The molecule has 0 aromatic heterocycles. The van der Waals surface area contributed by atoms with Gasteiger partial charge in [-0.2, -0.15) is 0 Å². The molecule has 0 heterocycles. The highest BCUT2D eigenvalue weighted by molar-refractivity contribution is 9.10. The van der Waals surface area contributed by atoms with Crippen molar-refractivity contribution in [1.82, 2.24) is 0 Å². The number of hydrogen-bond donors (Lipinski definition) is 0. The molecular weight excluding hydrogens is 260 g/mol. The predicted molar refractivity (Wildman–Crippen MR) is 72.8 cm³/mol. The van der Waals surface area contributed by atoms with E-state index in [1.165, 1.54) is 42.1 Å². The van der Waals surface area contributed by atoms with Gasteiger partial charge >= 0.3 is 0 Å². The van der Waals surface area contributed by atoms with E-state index < -0.39 is 0 Å². The van der Waals surface area contributed by atoms with E-state index in [1.807, 2.05) is 0 Å². The zero-order valence-electron chi connectivity index (χ0n) is 9.78. The Morgan fingerprint density at radius 3 is 2.62 bits per heavy atom. The van der Waals surface area contributed by atoms with E-state index in [0.29, 0.717) is 0 Å². The maximum Gasteiger partial charge on any atom is 0.0216 e. The highest BCUT2D eigenvalue weighted by atomic mass is 79.9. The van der Waals surface area contributed by atoms with Crippen LogP contribution in [0.3, 0.4) is 0 Å². The second-order valence-electron chi connectivity index (χ2n) is 4.84. The lowest BCUT2D eigenvalue weighted by atomic mass is 9.85. The lowest BCUT2D eigenvalue weighted by Crippen LogP contribution is -2.08. The van der Waals surface area contributed by atoms with Crippen LogP contribution < -0.4 is 0 Å². The molecule has 2 aliphatic rings. The van der Waals surface area contributed by atoms with Crippen LogP contribution in [0.5, 0.6) is 0 Å². The van der Waals surface area contributed by atoms with Gasteiger partial charge in [0.15, 0.2) is 0 Å². The first kappa shape index (κ1) is 10.6. The Balaban J connectivity index is 2.19. The van der Waals surface area contributed by atoms with E-state index in [4.69, 9.17) is 0 Å². The largest absolute Gasteiger partial charge is 0.0763 e. The molecule has 0 amide bonds. The first-order valence-electron chi connectivity index (χ1n) is 6.33. The molecule has 0 nitrogen and oxygen atoms in total. The van der Waals surface area contributed by atoms with Crippen LogP contribution >= 0.6 is 15.9 Å². The minimum Gasteiger partial charge on any atom is -0.0763 e. The summed E-state index contributed by atoms with van der Waals surface area (Å²) < 4.78 is 1.35. The fraction of sp³-hybridized carbons (Fsp3) is 0.467. The van der Waals surface area contributed by atoms with Gasteiger partial charge in [0, 0.05) is 4.47 Å². The Hall–Kier alpha value is -0.560. The van der Waals surface area contributed by atoms with Gasteiger partial charge in [0.05, 0.1) is 0 Å². The van der Waals surface area contributed by atoms with Crippen molar-refractivity contribution in [2.75, 3.05) is 0 Å². The summed E-state index contributed by atoms with van der Waals surface area (Å²) in [5, 5.41) is 0. The Labute approximate surface area is 106 Å². The molecule has 0 unspecified atom stereocenters. The van der Waals surface area contributed by atoms with Crippen molar-refractivity contribution in [3.05, 3.63) is 38.9 Å². The minimum absolute atomic E-state index is 1.16. The molecule has 3 rings (SSSR count). The average Bonchev–Trinajstić information content (AvgIpc) is 2.72. The third kappa shape index (κ3) is 1.48. The van der Waals surface area contributed by atoms with Gasteiger partial charge in [-0.1, -0.05) is 28.9 Å². The number of allylic oxidation sites excluding steroid dienone is 2. The summed E-state index contributed by atoms with van der Waals surface area (Å²) in [5.74, 6) is 0. The van der Waals surface area contributed by atoms with Crippen molar-refractivity contribution in [2.24, 2.45) is 0 Å². The third-order valence-electron chi connectivity index (χ3n) is 4.00. The normalized spacial score (nSPS) is 18.0. The fourth-order valence-electron chi connectivity index (χ4n) is 3.16. The lowest BCUT2D eigenvalue weighted by molar-refractivity contribution is 0.678. The monoisotopic (exact) mass is 276 g/mol. The highest BCUT2D eigenvalue weighted by Crippen LogP contribution is 2.39. The van der Waals surface area contributed by atoms with Crippen LogP contribution in [-0.2, 0) is 19.3 Å².